The second kappa shape index (κ2) is 13.9. The monoisotopic (exact) mass is 605 g/mol. The van der Waals surface area contributed by atoms with Crippen LogP contribution >= 0.6 is 23.2 Å². The van der Waals surface area contributed by atoms with E-state index in [2.05, 4.69) is 5.32 Å². The third kappa shape index (κ3) is 8.36. The van der Waals surface area contributed by atoms with E-state index >= 15 is 0 Å². The molecular weight excluding hydrogens is 573 g/mol. The Labute approximate surface area is 245 Å². The Morgan fingerprint density at radius 3 is 2.23 bits per heavy atom. The molecule has 0 heterocycles. The maximum Gasteiger partial charge on any atom is 0.244 e. The Balaban J connectivity index is 2.11. The average Bonchev–Trinajstić information content (AvgIpc) is 2.89. The van der Waals surface area contributed by atoms with Crippen LogP contribution in [0, 0.1) is 0 Å². The third-order valence-corrected chi connectivity index (χ3v) is 7.82. The van der Waals surface area contributed by atoms with Crippen LogP contribution in [0.1, 0.15) is 25.0 Å². The molecule has 0 spiro atoms. The van der Waals surface area contributed by atoms with Gasteiger partial charge in [0.05, 0.1) is 19.1 Å². The predicted molar refractivity (Wildman–Crippen MR) is 159 cm³/mol. The highest BCUT2D eigenvalue weighted by Crippen LogP contribution is 2.33. The Kier molecular flexibility index (Phi) is 10.8. The van der Waals surface area contributed by atoms with Crippen molar-refractivity contribution in [3.63, 3.8) is 0 Å². The third-order valence-electron chi connectivity index (χ3n) is 6.09. The Hall–Kier alpha value is -3.27. The summed E-state index contributed by atoms with van der Waals surface area (Å²) in [5, 5.41) is 3.59. The van der Waals surface area contributed by atoms with Crippen LogP contribution in [0.5, 0.6) is 5.75 Å². The van der Waals surface area contributed by atoms with Gasteiger partial charge in [0.15, 0.2) is 0 Å². The highest BCUT2D eigenvalue weighted by Gasteiger charge is 2.34. The van der Waals surface area contributed by atoms with Gasteiger partial charge in [0.2, 0.25) is 21.8 Å². The number of hydrogen-bond donors (Lipinski definition) is 1. The molecule has 40 heavy (non-hydrogen) atoms. The average molecular weight is 607 g/mol. The zero-order chi connectivity index (χ0) is 29.4. The van der Waals surface area contributed by atoms with Crippen molar-refractivity contribution in [1.29, 1.82) is 0 Å². The van der Waals surface area contributed by atoms with Gasteiger partial charge in [-0.2, -0.15) is 0 Å². The first-order valence-corrected chi connectivity index (χ1v) is 15.2. The molecule has 11 heteroatoms. The number of carbonyl (C=O) groups excluding carboxylic acids is 2. The standard InChI is InChI=1S/C29H33Cl2N3O5S/c1-20(2)32-29(36)26(16-21-10-6-5-7-11-21)33(18-22-12-8-9-13-24(22)31)28(35)19-34(40(4,37)38)25-17-23(30)14-15-27(25)39-3/h5-15,17,20,26H,16,18-19H2,1-4H3,(H,32,36)/t26-/m0/s1. The summed E-state index contributed by atoms with van der Waals surface area (Å²) in [7, 11) is -2.59. The minimum atomic E-state index is -3.98. The largest absolute Gasteiger partial charge is 0.495 e. The number of nitrogens with one attached hydrogen (secondary N) is 1. The van der Waals surface area contributed by atoms with Crippen molar-refractivity contribution in [1.82, 2.24) is 10.2 Å². The predicted octanol–water partition coefficient (Wildman–Crippen LogP) is 4.93. The molecule has 0 aliphatic rings. The molecule has 0 aliphatic heterocycles. The van der Waals surface area contributed by atoms with Crippen LogP contribution in [-0.2, 0) is 32.6 Å². The van der Waals surface area contributed by atoms with Crippen molar-refractivity contribution in [3.8, 4) is 5.75 Å². The number of rotatable bonds is 12. The van der Waals surface area contributed by atoms with Gasteiger partial charge >= 0.3 is 0 Å². The second-order valence-corrected chi connectivity index (χ2v) is 12.3. The molecular formula is C29H33Cl2N3O5S. The number of methoxy groups -OCH3 is 1. The lowest BCUT2D eigenvalue weighted by atomic mass is 10.0. The molecule has 1 N–H and O–H groups in total. The van der Waals surface area contributed by atoms with Gasteiger partial charge in [-0.05, 0) is 49.2 Å². The van der Waals surface area contributed by atoms with Gasteiger partial charge in [-0.15, -0.1) is 0 Å². The smallest absolute Gasteiger partial charge is 0.244 e. The molecule has 2 amide bonds. The van der Waals surface area contributed by atoms with E-state index in [0.717, 1.165) is 16.1 Å². The van der Waals surface area contributed by atoms with E-state index in [0.29, 0.717) is 10.6 Å². The number of halogens is 2. The van der Waals surface area contributed by atoms with Crippen LogP contribution in [0.2, 0.25) is 10.0 Å². The van der Waals surface area contributed by atoms with Crippen LogP contribution < -0.4 is 14.4 Å². The van der Waals surface area contributed by atoms with Crippen molar-refractivity contribution >= 4 is 50.7 Å². The Morgan fingerprint density at radius 2 is 1.62 bits per heavy atom. The molecule has 0 aliphatic carbocycles. The SMILES string of the molecule is COc1ccc(Cl)cc1N(CC(=O)N(Cc1ccccc1Cl)[C@@H](Cc1ccccc1)C(=O)NC(C)C)S(C)(=O)=O. The molecule has 3 aromatic carbocycles. The Morgan fingerprint density at radius 1 is 0.975 bits per heavy atom. The van der Waals surface area contributed by atoms with Gasteiger partial charge in [0, 0.05) is 29.1 Å². The zero-order valence-electron chi connectivity index (χ0n) is 22.8. The fourth-order valence-electron chi connectivity index (χ4n) is 4.20. The molecule has 0 saturated heterocycles. The molecule has 3 rings (SSSR count). The molecule has 0 unspecified atom stereocenters. The van der Waals surface area contributed by atoms with E-state index in [-0.39, 0.29) is 41.4 Å². The van der Waals surface area contributed by atoms with Gasteiger partial charge in [-0.25, -0.2) is 8.42 Å². The van der Waals surface area contributed by atoms with E-state index in [1.54, 1.807) is 30.3 Å². The van der Waals surface area contributed by atoms with Gasteiger partial charge in [0.25, 0.3) is 0 Å². The van der Waals surface area contributed by atoms with Crippen molar-refractivity contribution in [2.24, 2.45) is 0 Å². The van der Waals surface area contributed by atoms with E-state index in [9.17, 15) is 18.0 Å². The van der Waals surface area contributed by atoms with Crippen LogP contribution in [0.25, 0.3) is 0 Å². The first-order chi connectivity index (χ1) is 18.9. The van der Waals surface area contributed by atoms with Gasteiger partial charge in [0.1, 0.15) is 18.3 Å². The number of hydrogen-bond acceptors (Lipinski definition) is 5. The minimum Gasteiger partial charge on any atom is -0.495 e. The fourth-order valence-corrected chi connectivity index (χ4v) is 5.40. The van der Waals surface area contributed by atoms with Crippen molar-refractivity contribution < 1.29 is 22.7 Å². The molecule has 0 saturated carbocycles. The first kappa shape index (κ1) is 31.3. The van der Waals surface area contributed by atoms with Crippen LogP contribution in [-0.4, -0.2) is 57.1 Å². The van der Waals surface area contributed by atoms with E-state index in [1.807, 2.05) is 44.2 Å². The molecule has 0 bridgehead atoms. The summed E-state index contributed by atoms with van der Waals surface area (Å²) in [4.78, 5) is 29.1. The number of sulfonamides is 1. The minimum absolute atomic E-state index is 0.0220. The lowest BCUT2D eigenvalue weighted by Gasteiger charge is -2.34. The number of amides is 2. The first-order valence-electron chi connectivity index (χ1n) is 12.6. The maximum atomic E-state index is 14.1. The Bertz CT molecular complexity index is 1430. The van der Waals surface area contributed by atoms with Crippen molar-refractivity contribution in [2.75, 3.05) is 24.2 Å². The highest BCUT2D eigenvalue weighted by molar-refractivity contribution is 7.92. The summed E-state index contributed by atoms with van der Waals surface area (Å²) >= 11 is 12.6. The lowest BCUT2D eigenvalue weighted by molar-refractivity contribution is -0.140. The molecule has 0 fully saturated rings. The van der Waals surface area contributed by atoms with Crippen LogP contribution in [0.15, 0.2) is 72.8 Å². The number of benzene rings is 3. The number of carbonyl (C=O) groups is 2. The second-order valence-electron chi connectivity index (χ2n) is 9.57. The molecule has 0 radical (unpaired) electrons. The molecule has 0 aromatic heterocycles. The summed E-state index contributed by atoms with van der Waals surface area (Å²) in [6.45, 7) is 3.04. The molecule has 214 valence electrons. The summed E-state index contributed by atoms with van der Waals surface area (Å²) in [5.41, 5.74) is 1.55. The molecule has 3 aromatic rings. The lowest BCUT2D eigenvalue weighted by Crippen LogP contribution is -2.54. The zero-order valence-corrected chi connectivity index (χ0v) is 25.1. The highest BCUT2D eigenvalue weighted by atomic mass is 35.5. The van der Waals surface area contributed by atoms with Crippen LogP contribution in [0.4, 0.5) is 5.69 Å². The molecule has 8 nitrogen and oxygen atoms in total. The van der Waals surface area contributed by atoms with Crippen molar-refractivity contribution in [2.45, 2.75) is 38.9 Å². The maximum absolute atomic E-state index is 14.1. The van der Waals surface area contributed by atoms with Crippen molar-refractivity contribution in [3.05, 3.63) is 94.0 Å². The molecule has 1 atom stereocenters. The van der Waals surface area contributed by atoms with E-state index in [1.165, 1.54) is 24.1 Å². The topological polar surface area (TPSA) is 96.0 Å². The number of anilines is 1. The quantitative estimate of drug-likeness (QED) is 0.316. The normalized spacial score (nSPS) is 12.1. The van der Waals surface area contributed by atoms with Gasteiger partial charge in [-0.3, -0.25) is 13.9 Å². The van der Waals surface area contributed by atoms with E-state index < -0.39 is 28.5 Å². The summed E-state index contributed by atoms with van der Waals surface area (Å²) in [6, 6.07) is 19.7. The van der Waals surface area contributed by atoms with E-state index in [4.69, 9.17) is 27.9 Å². The van der Waals surface area contributed by atoms with Crippen LogP contribution in [0.3, 0.4) is 0 Å². The summed E-state index contributed by atoms with van der Waals surface area (Å²) in [6.07, 6.45) is 1.20. The summed E-state index contributed by atoms with van der Waals surface area (Å²) < 4.78 is 32.3. The van der Waals surface area contributed by atoms with Gasteiger partial charge in [-0.1, -0.05) is 71.7 Å². The number of ether oxygens (including phenoxy) is 1. The number of nitrogens with zero attached hydrogens (tertiary/aromatic N) is 2. The fraction of sp³-hybridized carbons (Fsp3) is 0.310. The van der Waals surface area contributed by atoms with Gasteiger partial charge < -0.3 is 15.0 Å². The summed E-state index contributed by atoms with van der Waals surface area (Å²) in [5.74, 6) is -0.753.